The summed E-state index contributed by atoms with van der Waals surface area (Å²) in [5, 5.41) is 9.14. The number of carboxylic acid groups (broad SMARTS) is 1. The molecule has 0 atom stereocenters. The Hall–Kier alpha value is -1.69. The van der Waals surface area contributed by atoms with Crippen LogP contribution in [0.25, 0.3) is 5.57 Å². The first-order chi connectivity index (χ1) is 9.12. The zero-order valence-electron chi connectivity index (χ0n) is 10.9. The van der Waals surface area contributed by atoms with Gasteiger partial charge in [-0.05, 0) is 42.0 Å². The summed E-state index contributed by atoms with van der Waals surface area (Å²) in [7, 11) is 0. The topological polar surface area (TPSA) is 37.3 Å². The van der Waals surface area contributed by atoms with E-state index in [2.05, 4.69) is 6.58 Å². The van der Waals surface area contributed by atoms with Crippen LogP contribution >= 0.6 is 11.8 Å². The number of allylic oxidation sites excluding steroid dienone is 2. The van der Waals surface area contributed by atoms with Crippen LogP contribution in [0, 0.1) is 0 Å². The predicted molar refractivity (Wildman–Crippen MR) is 74.1 cm³/mol. The van der Waals surface area contributed by atoms with Gasteiger partial charge in [0.05, 0.1) is 5.56 Å². The number of hydrogen-bond donors (Lipinski definition) is 1. The summed E-state index contributed by atoms with van der Waals surface area (Å²) < 4.78 is 37.9. The van der Waals surface area contributed by atoms with Crippen molar-refractivity contribution in [3.05, 3.63) is 51.8 Å². The highest BCUT2D eigenvalue weighted by Crippen LogP contribution is 2.34. The van der Waals surface area contributed by atoms with E-state index < -0.39 is 17.7 Å². The maximum Gasteiger partial charge on any atom is 0.416 e. The Kier molecular flexibility index (Phi) is 5.05. The first kappa shape index (κ1) is 16.4. The summed E-state index contributed by atoms with van der Waals surface area (Å²) in [4.78, 5) is 11.7. The predicted octanol–water partition coefficient (Wildman–Crippen LogP) is 4.79. The fourth-order valence-electron chi connectivity index (χ4n) is 1.51. The fraction of sp³-hybridized carbons (Fsp3) is 0.214. The number of rotatable bonds is 4. The first-order valence-electron chi connectivity index (χ1n) is 5.58. The fourth-order valence-corrected chi connectivity index (χ4v) is 2.22. The van der Waals surface area contributed by atoms with Gasteiger partial charge >= 0.3 is 12.1 Å². The maximum absolute atomic E-state index is 12.6. The number of thioether (sulfide) groups is 1. The number of benzene rings is 1. The van der Waals surface area contributed by atoms with E-state index in [1.54, 1.807) is 6.92 Å². The van der Waals surface area contributed by atoms with Gasteiger partial charge in [0.15, 0.2) is 0 Å². The Morgan fingerprint density at radius 2 is 1.90 bits per heavy atom. The van der Waals surface area contributed by atoms with E-state index in [0.717, 1.165) is 23.9 Å². The number of halogens is 3. The van der Waals surface area contributed by atoms with Crippen molar-refractivity contribution >= 4 is 23.3 Å². The molecule has 1 N–H and O–H groups in total. The molecule has 1 rings (SSSR count). The molecule has 0 heterocycles. The molecule has 0 aliphatic rings. The summed E-state index contributed by atoms with van der Waals surface area (Å²) in [6.07, 6.45) is -4.46. The molecule has 0 aliphatic heterocycles. The lowest BCUT2D eigenvalue weighted by atomic mass is 10.0. The van der Waals surface area contributed by atoms with E-state index in [1.165, 1.54) is 19.1 Å². The Morgan fingerprint density at radius 1 is 1.30 bits per heavy atom. The minimum atomic E-state index is -4.46. The third-order valence-electron chi connectivity index (χ3n) is 2.43. The molecule has 0 saturated heterocycles. The van der Waals surface area contributed by atoms with Gasteiger partial charge in [-0.25, -0.2) is 4.79 Å². The van der Waals surface area contributed by atoms with Gasteiger partial charge in [-0.1, -0.05) is 30.5 Å². The van der Waals surface area contributed by atoms with Crippen molar-refractivity contribution in [2.45, 2.75) is 20.0 Å². The molecular weight excluding hydrogens is 289 g/mol. The molecule has 1 aromatic rings. The summed E-state index contributed by atoms with van der Waals surface area (Å²) in [5.74, 6) is -1.19. The molecule has 0 fully saturated rings. The lowest BCUT2D eigenvalue weighted by Gasteiger charge is -2.11. The quantitative estimate of drug-likeness (QED) is 0.813. The van der Waals surface area contributed by atoms with Crippen LogP contribution in [-0.4, -0.2) is 11.1 Å². The molecule has 1 aromatic carbocycles. The van der Waals surface area contributed by atoms with E-state index in [4.69, 9.17) is 5.11 Å². The molecular formula is C14H13F3O2S. The van der Waals surface area contributed by atoms with Gasteiger partial charge in [0.1, 0.15) is 4.91 Å². The van der Waals surface area contributed by atoms with E-state index in [1.807, 2.05) is 0 Å². The van der Waals surface area contributed by atoms with Crippen LogP contribution in [0.3, 0.4) is 0 Å². The molecule has 6 heteroatoms. The number of carbonyl (C=O) groups is 1. The number of hydrogen-bond acceptors (Lipinski definition) is 2. The smallest absolute Gasteiger partial charge is 0.416 e. The molecule has 0 saturated carbocycles. The molecule has 2 nitrogen and oxygen atoms in total. The highest BCUT2D eigenvalue weighted by Gasteiger charge is 2.30. The molecule has 0 aromatic heterocycles. The van der Waals surface area contributed by atoms with Crippen LogP contribution in [-0.2, 0) is 11.0 Å². The SMILES string of the molecule is C=C(C)S/C(C(=O)O)=C(\C)c1cccc(C(F)(F)F)c1. The summed E-state index contributed by atoms with van der Waals surface area (Å²) in [6, 6.07) is 4.60. The van der Waals surface area contributed by atoms with E-state index in [-0.39, 0.29) is 16.0 Å². The van der Waals surface area contributed by atoms with Crippen LogP contribution in [0.15, 0.2) is 40.7 Å². The monoisotopic (exact) mass is 302 g/mol. The van der Waals surface area contributed by atoms with Crippen molar-refractivity contribution < 1.29 is 23.1 Å². The standard InChI is InChI=1S/C14H13F3O2S/c1-8(2)20-12(13(18)19)9(3)10-5-4-6-11(7-10)14(15,16)17/h4-7H,1H2,2-3H3,(H,18,19)/b12-9+. The van der Waals surface area contributed by atoms with E-state index >= 15 is 0 Å². The van der Waals surface area contributed by atoms with Gasteiger partial charge in [0.25, 0.3) is 0 Å². The zero-order valence-corrected chi connectivity index (χ0v) is 11.7. The second-order valence-corrected chi connectivity index (χ2v) is 5.45. The zero-order chi connectivity index (χ0) is 15.5. The Bertz CT molecular complexity index is 574. The number of aliphatic carboxylic acids is 1. The molecule has 0 bridgehead atoms. The third-order valence-corrected chi connectivity index (χ3v) is 3.47. The second kappa shape index (κ2) is 6.17. The van der Waals surface area contributed by atoms with E-state index in [9.17, 15) is 18.0 Å². The van der Waals surface area contributed by atoms with Gasteiger partial charge in [0.2, 0.25) is 0 Å². The highest BCUT2D eigenvalue weighted by molar-refractivity contribution is 8.07. The molecule has 108 valence electrons. The largest absolute Gasteiger partial charge is 0.477 e. The van der Waals surface area contributed by atoms with Crippen LogP contribution in [0.1, 0.15) is 25.0 Å². The average Bonchev–Trinajstić information content (AvgIpc) is 2.33. The molecule has 20 heavy (non-hydrogen) atoms. The van der Waals surface area contributed by atoms with Crippen molar-refractivity contribution in [2.75, 3.05) is 0 Å². The molecule has 0 amide bonds. The molecule has 0 aliphatic carbocycles. The van der Waals surface area contributed by atoms with Crippen molar-refractivity contribution in [3.63, 3.8) is 0 Å². The normalized spacial score (nSPS) is 12.8. The lowest BCUT2D eigenvalue weighted by molar-refractivity contribution is -0.137. The number of carboxylic acids is 1. The van der Waals surface area contributed by atoms with Gasteiger partial charge in [-0.2, -0.15) is 13.2 Å². The second-order valence-electron chi connectivity index (χ2n) is 4.14. The molecule has 0 radical (unpaired) electrons. The van der Waals surface area contributed by atoms with Crippen molar-refractivity contribution in [1.29, 1.82) is 0 Å². The summed E-state index contributed by atoms with van der Waals surface area (Å²) in [5.41, 5.74) is -0.304. The van der Waals surface area contributed by atoms with Gasteiger partial charge in [0, 0.05) is 0 Å². The Morgan fingerprint density at radius 3 is 2.35 bits per heavy atom. The maximum atomic E-state index is 12.6. The highest BCUT2D eigenvalue weighted by atomic mass is 32.2. The number of alkyl halides is 3. The van der Waals surface area contributed by atoms with Crippen LogP contribution < -0.4 is 0 Å². The third kappa shape index (κ3) is 4.16. The first-order valence-corrected chi connectivity index (χ1v) is 6.39. The summed E-state index contributed by atoms with van der Waals surface area (Å²) >= 11 is 0.928. The van der Waals surface area contributed by atoms with Crippen LogP contribution in [0.2, 0.25) is 0 Å². The minimum absolute atomic E-state index is 0.0307. The van der Waals surface area contributed by atoms with Crippen LogP contribution in [0.5, 0.6) is 0 Å². The molecule has 0 unspecified atom stereocenters. The van der Waals surface area contributed by atoms with Crippen molar-refractivity contribution in [3.8, 4) is 0 Å². The van der Waals surface area contributed by atoms with Crippen LogP contribution in [0.4, 0.5) is 13.2 Å². The Labute approximate surface area is 119 Å². The van der Waals surface area contributed by atoms with E-state index in [0.29, 0.717) is 4.91 Å². The average molecular weight is 302 g/mol. The molecule has 0 spiro atoms. The Balaban J connectivity index is 3.33. The van der Waals surface area contributed by atoms with Gasteiger partial charge in [-0.15, -0.1) is 0 Å². The summed E-state index contributed by atoms with van der Waals surface area (Å²) in [6.45, 7) is 6.71. The van der Waals surface area contributed by atoms with Gasteiger partial charge in [-0.3, -0.25) is 0 Å². The minimum Gasteiger partial charge on any atom is -0.477 e. The lowest BCUT2D eigenvalue weighted by Crippen LogP contribution is -2.06. The van der Waals surface area contributed by atoms with Crippen molar-refractivity contribution in [1.82, 2.24) is 0 Å². The van der Waals surface area contributed by atoms with Gasteiger partial charge < -0.3 is 5.11 Å². The van der Waals surface area contributed by atoms with Crippen molar-refractivity contribution in [2.24, 2.45) is 0 Å².